The molecule has 1 aromatic carbocycles. The van der Waals surface area contributed by atoms with Crippen LogP contribution < -0.4 is 5.32 Å². The van der Waals surface area contributed by atoms with Crippen molar-refractivity contribution in [2.45, 2.75) is 40.2 Å². The van der Waals surface area contributed by atoms with Crippen molar-refractivity contribution in [2.24, 2.45) is 13.0 Å². The van der Waals surface area contributed by atoms with E-state index in [0.717, 1.165) is 0 Å². The summed E-state index contributed by atoms with van der Waals surface area (Å²) in [6, 6.07) is 0. The Morgan fingerprint density at radius 1 is 1.11 bits per heavy atom. The summed E-state index contributed by atoms with van der Waals surface area (Å²) >= 11 is 5.97. The summed E-state index contributed by atoms with van der Waals surface area (Å²) in [7, 11) is 1.47. The lowest BCUT2D eigenvalue weighted by Gasteiger charge is -2.13. The number of hydrogen-bond donors (Lipinski definition) is 1. The van der Waals surface area contributed by atoms with Gasteiger partial charge in [-0.3, -0.25) is 9.48 Å². The van der Waals surface area contributed by atoms with E-state index in [1.165, 1.54) is 11.7 Å². The largest absolute Gasteiger partial charge is 0.346 e. The highest BCUT2D eigenvalue weighted by Gasteiger charge is 2.26. The van der Waals surface area contributed by atoms with Crippen LogP contribution >= 0.6 is 11.6 Å². The third-order valence-corrected chi connectivity index (χ3v) is 4.66. The minimum absolute atomic E-state index is 0.0236. The molecule has 0 saturated carbocycles. The van der Waals surface area contributed by atoms with E-state index in [-0.39, 0.29) is 23.1 Å². The first kappa shape index (κ1) is 21.2. The van der Waals surface area contributed by atoms with Crippen LogP contribution in [0.2, 0.25) is 5.02 Å². The molecule has 2 aromatic rings. The summed E-state index contributed by atoms with van der Waals surface area (Å²) in [5, 5.41) is 6.25. The minimum Gasteiger partial charge on any atom is -0.346 e. The molecular weight excluding hydrogens is 386 g/mol. The summed E-state index contributed by atoms with van der Waals surface area (Å²) < 4.78 is 58.1. The average Bonchev–Trinajstić information content (AvgIpc) is 2.84. The van der Waals surface area contributed by atoms with Crippen LogP contribution in [0.3, 0.4) is 0 Å². The molecule has 0 aliphatic carbocycles. The highest BCUT2D eigenvalue weighted by Crippen LogP contribution is 2.26. The van der Waals surface area contributed by atoms with Gasteiger partial charge in [-0.25, -0.2) is 17.6 Å². The van der Waals surface area contributed by atoms with Gasteiger partial charge in [0, 0.05) is 24.7 Å². The van der Waals surface area contributed by atoms with Gasteiger partial charge in [-0.2, -0.15) is 5.10 Å². The first-order valence-corrected chi connectivity index (χ1v) is 8.75. The zero-order valence-electron chi connectivity index (χ0n) is 15.4. The van der Waals surface area contributed by atoms with Crippen molar-refractivity contribution in [3.8, 4) is 0 Å². The molecule has 0 aliphatic heterocycles. The van der Waals surface area contributed by atoms with E-state index in [2.05, 4.69) is 10.4 Å². The van der Waals surface area contributed by atoms with Gasteiger partial charge in [0.25, 0.3) is 5.91 Å². The molecule has 0 radical (unpaired) electrons. The van der Waals surface area contributed by atoms with Gasteiger partial charge in [0.2, 0.25) is 0 Å². The third-order valence-electron chi connectivity index (χ3n) is 4.21. The normalized spacial score (nSPS) is 11.3. The molecule has 0 atom stereocenters. The Morgan fingerprint density at radius 2 is 1.63 bits per heavy atom. The Bertz CT molecular complexity index is 851. The van der Waals surface area contributed by atoms with E-state index in [4.69, 9.17) is 11.6 Å². The molecule has 0 saturated heterocycles. The monoisotopic (exact) mass is 405 g/mol. The number of amides is 1. The maximum atomic E-state index is 14.3. The zero-order chi connectivity index (χ0) is 20.5. The maximum Gasteiger partial charge on any atom is 0.271 e. The van der Waals surface area contributed by atoms with Gasteiger partial charge in [-0.05, 0) is 25.7 Å². The number of carbonyl (C=O) groups is 1. The summed E-state index contributed by atoms with van der Waals surface area (Å²) in [5.74, 6) is -6.56. The standard InChI is InChI=1S/C18H20ClF4N3O/c1-8(2)5-6-10-13(20)15(22)11(16(23)14(10)21)7-24-18(27)17-12(19)9(3)25-26(17)4/h8H,5-7H2,1-4H3,(H,24,27). The third kappa shape index (κ3) is 4.26. The fourth-order valence-electron chi connectivity index (χ4n) is 2.66. The number of aryl methyl sites for hydroxylation is 2. The molecule has 4 nitrogen and oxygen atoms in total. The van der Waals surface area contributed by atoms with Gasteiger partial charge in [-0.1, -0.05) is 25.4 Å². The van der Waals surface area contributed by atoms with Crippen molar-refractivity contribution in [3.63, 3.8) is 0 Å². The zero-order valence-corrected chi connectivity index (χ0v) is 16.1. The Labute approximate surface area is 159 Å². The van der Waals surface area contributed by atoms with Gasteiger partial charge >= 0.3 is 0 Å². The summed E-state index contributed by atoms with van der Waals surface area (Å²) in [6.45, 7) is 4.50. The molecule has 1 aromatic heterocycles. The molecule has 1 amide bonds. The second kappa shape index (κ2) is 8.29. The number of rotatable bonds is 6. The summed E-state index contributed by atoms with van der Waals surface area (Å²) in [6.07, 6.45) is 0.251. The van der Waals surface area contributed by atoms with Crippen LogP contribution in [0.4, 0.5) is 17.6 Å². The van der Waals surface area contributed by atoms with Gasteiger partial charge in [0.1, 0.15) is 5.69 Å². The van der Waals surface area contributed by atoms with Gasteiger partial charge in [-0.15, -0.1) is 0 Å². The lowest BCUT2D eigenvalue weighted by Crippen LogP contribution is -2.27. The molecule has 2 rings (SSSR count). The van der Waals surface area contributed by atoms with Crippen LogP contribution in [-0.4, -0.2) is 15.7 Å². The van der Waals surface area contributed by atoms with Crippen LogP contribution in [0.25, 0.3) is 0 Å². The second-order valence-corrected chi connectivity index (χ2v) is 7.08. The molecule has 0 unspecified atom stereocenters. The summed E-state index contributed by atoms with van der Waals surface area (Å²) in [5.41, 5.74) is -1.14. The number of nitrogens with one attached hydrogen (secondary N) is 1. The van der Waals surface area contributed by atoms with Gasteiger partial charge < -0.3 is 5.32 Å². The first-order chi connectivity index (χ1) is 12.6. The fourth-order valence-corrected chi connectivity index (χ4v) is 2.91. The topological polar surface area (TPSA) is 46.9 Å². The molecule has 0 spiro atoms. The fraction of sp³-hybridized carbons (Fsp3) is 0.444. The molecule has 0 bridgehead atoms. The van der Waals surface area contributed by atoms with Crippen molar-refractivity contribution < 1.29 is 22.4 Å². The molecule has 0 fully saturated rings. The van der Waals surface area contributed by atoms with Crippen molar-refractivity contribution in [1.82, 2.24) is 15.1 Å². The van der Waals surface area contributed by atoms with Crippen LogP contribution in [0, 0.1) is 36.1 Å². The second-order valence-electron chi connectivity index (χ2n) is 6.70. The molecule has 9 heteroatoms. The number of carbonyl (C=O) groups excluding carboxylic acids is 1. The van der Waals surface area contributed by atoms with Crippen molar-refractivity contribution >= 4 is 17.5 Å². The van der Waals surface area contributed by atoms with Crippen LogP contribution in [0.5, 0.6) is 0 Å². The average molecular weight is 406 g/mol. The Hall–Kier alpha value is -2.09. The lowest BCUT2D eigenvalue weighted by atomic mass is 9.99. The number of nitrogens with zero attached hydrogens (tertiary/aromatic N) is 2. The number of halogens is 5. The van der Waals surface area contributed by atoms with Crippen LogP contribution in [0.15, 0.2) is 0 Å². The molecular formula is C18H20ClF4N3O. The van der Waals surface area contributed by atoms with Crippen molar-refractivity contribution in [1.29, 1.82) is 0 Å². The van der Waals surface area contributed by atoms with Gasteiger partial charge in [0.15, 0.2) is 23.3 Å². The van der Waals surface area contributed by atoms with Crippen molar-refractivity contribution in [2.75, 3.05) is 0 Å². The number of aromatic nitrogens is 2. The van der Waals surface area contributed by atoms with E-state index in [1.54, 1.807) is 6.92 Å². The van der Waals surface area contributed by atoms with Crippen LogP contribution in [0.1, 0.15) is 47.6 Å². The molecule has 1 N–H and O–H groups in total. The Balaban J connectivity index is 2.28. The van der Waals surface area contributed by atoms with E-state index in [0.29, 0.717) is 12.1 Å². The quantitative estimate of drug-likeness (QED) is 0.570. The smallest absolute Gasteiger partial charge is 0.271 e. The minimum atomic E-state index is -1.51. The Morgan fingerprint density at radius 3 is 2.07 bits per heavy atom. The number of benzene rings is 1. The highest BCUT2D eigenvalue weighted by molar-refractivity contribution is 6.34. The van der Waals surface area contributed by atoms with E-state index >= 15 is 0 Å². The molecule has 148 valence electrons. The van der Waals surface area contributed by atoms with Crippen LogP contribution in [-0.2, 0) is 20.0 Å². The predicted octanol–water partition coefficient (Wildman–Crippen LogP) is 4.46. The Kier molecular flexibility index (Phi) is 6.51. The molecule has 27 heavy (non-hydrogen) atoms. The van der Waals surface area contributed by atoms with Crippen molar-refractivity contribution in [3.05, 3.63) is 50.8 Å². The summed E-state index contributed by atoms with van der Waals surface area (Å²) in [4.78, 5) is 12.2. The highest BCUT2D eigenvalue weighted by atomic mass is 35.5. The SMILES string of the molecule is Cc1nn(C)c(C(=O)NCc2c(F)c(F)c(CCC(C)C)c(F)c2F)c1Cl. The maximum absolute atomic E-state index is 14.3. The number of hydrogen-bond acceptors (Lipinski definition) is 2. The first-order valence-electron chi connectivity index (χ1n) is 8.37. The van der Waals surface area contributed by atoms with E-state index < -0.39 is 46.8 Å². The molecule has 1 heterocycles. The van der Waals surface area contributed by atoms with Gasteiger partial charge in [0.05, 0.1) is 10.7 Å². The van der Waals surface area contributed by atoms with E-state index in [9.17, 15) is 22.4 Å². The molecule has 0 aliphatic rings. The van der Waals surface area contributed by atoms with E-state index in [1.807, 2.05) is 13.8 Å². The predicted molar refractivity (Wildman–Crippen MR) is 93.6 cm³/mol. The lowest BCUT2D eigenvalue weighted by molar-refractivity contribution is 0.0940.